The fourth-order valence-electron chi connectivity index (χ4n) is 8.52. The molecule has 0 radical (unpaired) electrons. The molecule has 0 spiro atoms. The zero-order valence-corrected chi connectivity index (χ0v) is 30.4. The number of para-hydroxylation sites is 1. The topological polar surface area (TPSA) is 48.0 Å². The summed E-state index contributed by atoms with van der Waals surface area (Å²) < 4.78 is 4.78. The molecule has 0 amide bonds. The number of hydrogen-bond donors (Lipinski definition) is 0. The van der Waals surface area contributed by atoms with Crippen LogP contribution in [-0.2, 0) is 0 Å². The zero-order chi connectivity index (χ0) is 36.3. The van der Waals surface area contributed by atoms with Crippen LogP contribution in [0.3, 0.4) is 0 Å². The smallest absolute Gasteiger partial charge is 0.235 e. The van der Waals surface area contributed by atoms with Crippen LogP contribution in [0, 0.1) is 12.8 Å². The summed E-state index contributed by atoms with van der Waals surface area (Å²) in [6.45, 7) is 9.02. The SMILES string of the molecule is C=c1cc2ccccc2c/c1=C/c1c(C)c2ccc3c(c4ccccc4n3-c3nc(C4=CC=CCC4C)cc(-c4ccccc4)n3)c2n1C1C=NC=CC1. The number of benzene rings is 5. The third kappa shape index (κ3) is 5.19. The fourth-order valence-corrected chi connectivity index (χ4v) is 8.52. The van der Waals surface area contributed by atoms with E-state index in [1.807, 2.05) is 6.20 Å². The van der Waals surface area contributed by atoms with Gasteiger partial charge >= 0.3 is 0 Å². The Balaban J connectivity index is 1.30. The minimum Gasteiger partial charge on any atom is -0.331 e. The first-order chi connectivity index (χ1) is 26.5. The van der Waals surface area contributed by atoms with Crippen LogP contribution in [0.2, 0.25) is 0 Å². The predicted molar refractivity (Wildman–Crippen MR) is 227 cm³/mol. The highest BCUT2D eigenvalue weighted by atomic mass is 15.2. The highest BCUT2D eigenvalue weighted by molar-refractivity contribution is 6.21. The van der Waals surface area contributed by atoms with Gasteiger partial charge in [0.2, 0.25) is 5.95 Å². The lowest BCUT2D eigenvalue weighted by Gasteiger charge is -2.19. The Morgan fingerprint density at radius 3 is 2.35 bits per heavy atom. The summed E-state index contributed by atoms with van der Waals surface area (Å²) in [6.07, 6.45) is 16.9. The molecule has 0 N–H and O–H groups in total. The largest absolute Gasteiger partial charge is 0.331 e. The standard InChI is InChI=1S/C49H39N5/c1-31-14-7-10-20-39(31)43-29-42(34-15-5-4-6-16-34)51-49(52-43)54-44-22-12-11-21-41(44)47-45(54)24-23-40-33(3)46(53(48(40)47)38-19-13-25-50-30-38)28-37-27-36-18-9-8-17-35(36)26-32(37)2/h4-13,15-18,20-31,38H,2,14,19H2,1,3H3/b37-28-. The molecule has 10 rings (SSSR count). The highest BCUT2D eigenvalue weighted by Gasteiger charge is 2.26. The average Bonchev–Trinajstić information content (AvgIpc) is 3.70. The van der Waals surface area contributed by atoms with Crippen LogP contribution >= 0.6 is 0 Å². The summed E-state index contributed by atoms with van der Waals surface area (Å²) in [7, 11) is 0. The second-order valence-corrected chi connectivity index (χ2v) is 14.6. The van der Waals surface area contributed by atoms with Gasteiger partial charge in [0.05, 0.1) is 34.0 Å². The summed E-state index contributed by atoms with van der Waals surface area (Å²) in [5.41, 5.74) is 9.90. The Kier molecular flexibility index (Phi) is 7.62. The van der Waals surface area contributed by atoms with Crippen molar-refractivity contribution >= 4 is 67.9 Å². The highest BCUT2D eigenvalue weighted by Crippen LogP contribution is 2.42. The normalized spacial score (nSPS) is 17.4. The summed E-state index contributed by atoms with van der Waals surface area (Å²) in [5, 5.41) is 8.09. The van der Waals surface area contributed by atoms with Crippen molar-refractivity contribution in [3.63, 3.8) is 0 Å². The molecule has 2 unspecified atom stereocenters. The van der Waals surface area contributed by atoms with Crippen molar-refractivity contribution in [2.24, 2.45) is 10.9 Å². The maximum Gasteiger partial charge on any atom is 0.235 e. The van der Waals surface area contributed by atoms with Gasteiger partial charge in [-0.1, -0.05) is 117 Å². The molecule has 5 heteroatoms. The van der Waals surface area contributed by atoms with Crippen molar-refractivity contribution in [2.45, 2.75) is 32.7 Å². The van der Waals surface area contributed by atoms with Crippen LogP contribution in [0.25, 0.3) is 78.9 Å². The molecule has 4 heterocycles. The quantitative estimate of drug-likeness (QED) is 0.180. The molecule has 8 aromatic rings. The number of allylic oxidation sites excluding steroid dienone is 5. The summed E-state index contributed by atoms with van der Waals surface area (Å²) in [4.78, 5) is 15.4. The molecular weight excluding hydrogens is 659 g/mol. The van der Waals surface area contributed by atoms with Gasteiger partial charge < -0.3 is 4.57 Å². The van der Waals surface area contributed by atoms with E-state index in [9.17, 15) is 0 Å². The van der Waals surface area contributed by atoms with Gasteiger partial charge in [0.15, 0.2) is 0 Å². The third-order valence-electron chi connectivity index (χ3n) is 11.3. The van der Waals surface area contributed by atoms with Crippen LogP contribution in [0.15, 0.2) is 145 Å². The summed E-state index contributed by atoms with van der Waals surface area (Å²) in [6, 6.07) is 38.9. The maximum absolute atomic E-state index is 5.38. The molecule has 0 saturated heterocycles. The van der Waals surface area contributed by atoms with Crippen LogP contribution in [-0.4, -0.2) is 25.3 Å². The van der Waals surface area contributed by atoms with Crippen molar-refractivity contribution in [2.75, 3.05) is 0 Å². The van der Waals surface area contributed by atoms with E-state index in [2.05, 4.69) is 180 Å². The number of nitrogens with zero attached hydrogens (tertiary/aromatic N) is 5. The number of hydrogen-bond acceptors (Lipinski definition) is 3. The molecule has 2 atom stereocenters. The van der Waals surface area contributed by atoms with E-state index in [0.29, 0.717) is 11.9 Å². The van der Waals surface area contributed by atoms with E-state index in [-0.39, 0.29) is 6.04 Å². The number of aliphatic imine (C=N–C) groups is 1. The van der Waals surface area contributed by atoms with Crippen LogP contribution in [0.5, 0.6) is 0 Å². The Bertz CT molecular complexity index is 3040. The Labute approximate surface area is 314 Å². The second-order valence-electron chi connectivity index (χ2n) is 14.6. The van der Waals surface area contributed by atoms with Gasteiger partial charge in [0.1, 0.15) is 0 Å². The minimum atomic E-state index is 0.0379. The molecule has 5 nitrogen and oxygen atoms in total. The van der Waals surface area contributed by atoms with Crippen molar-refractivity contribution in [1.29, 1.82) is 0 Å². The van der Waals surface area contributed by atoms with Crippen LogP contribution in [0.1, 0.15) is 42.8 Å². The Morgan fingerprint density at radius 1 is 0.759 bits per heavy atom. The molecule has 1 aliphatic carbocycles. The van der Waals surface area contributed by atoms with Crippen molar-refractivity contribution in [3.8, 4) is 17.2 Å². The monoisotopic (exact) mass is 697 g/mol. The number of fused-ring (bicyclic) bond motifs is 6. The van der Waals surface area contributed by atoms with Crippen LogP contribution < -0.4 is 10.4 Å². The van der Waals surface area contributed by atoms with E-state index in [4.69, 9.17) is 9.97 Å². The Morgan fingerprint density at radius 2 is 1.54 bits per heavy atom. The molecular formula is C49H39N5. The lowest BCUT2D eigenvalue weighted by molar-refractivity contribution is 0.669. The Hall–Kier alpha value is -6.59. The third-order valence-corrected chi connectivity index (χ3v) is 11.3. The first-order valence-electron chi connectivity index (χ1n) is 18.8. The van der Waals surface area contributed by atoms with E-state index in [1.165, 1.54) is 43.6 Å². The fraction of sp³-hybridized carbons (Fsp3) is 0.122. The lowest BCUT2D eigenvalue weighted by Crippen LogP contribution is -2.24. The lowest BCUT2D eigenvalue weighted by atomic mass is 9.90. The van der Waals surface area contributed by atoms with E-state index < -0.39 is 0 Å². The molecule has 260 valence electrons. The van der Waals surface area contributed by atoms with Gasteiger partial charge in [-0.2, -0.15) is 0 Å². The molecule has 3 aromatic heterocycles. The predicted octanol–water partition coefficient (Wildman–Crippen LogP) is 10.4. The van der Waals surface area contributed by atoms with E-state index >= 15 is 0 Å². The van der Waals surface area contributed by atoms with Crippen LogP contribution in [0.4, 0.5) is 0 Å². The molecule has 2 aliphatic rings. The molecule has 1 aliphatic heterocycles. The molecule has 5 aromatic carbocycles. The van der Waals surface area contributed by atoms with E-state index in [0.717, 1.165) is 57.0 Å². The van der Waals surface area contributed by atoms with Crippen molar-refractivity contribution in [1.82, 2.24) is 19.1 Å². The molecule has 0 saturated carbocycles. The van der Waals surface area contributed by atoms with Crippen molar-refractivity contribution < 1.29 is 0 Å². The zero-order valence-electron chi connectivity index (χ0n) is 30.4. The van der Waals surface area contributed by atoms with Gasteiger partial charge in [-0.05, 0) is 94.4 Å². The number of aromatic nitrogens is 4. The van der Waals surface area contributed by atoms with Crippen molar-refractivity contribution in [3.05, 3.63) is 167 Å². The molecule has 0 fully saturated rings. The van der Waals surface area contributed by atoms with Gasteiger partial charge in [-0.15, -0.1) is 0 Å². The maximum atomic E-state index is 5.38. The van der Waals surface area contributed by atoms with Gasteiger partial charge in [-0.25, -0.2) is 9.97 Å². The second kappa shape index (κ2) is 12.8. The molecule has 54 heavy (non-hydrogen) atoms. The summed E-state index contributed by atoms with van der Waals surface area (Å²) >= 11 is 0. The number of aryl methyl sites for hydroxylation is 1. The first-order valence-corrected chi connectivity index (χ1v) is 18.8. The van der Waals surface area contributed by atoms with E-state index in [1.54, 1.807) is 0 Å². The van der Waals surface area contributed by atoms with Gasteiger partial charge in [0.25, 0.3) is 0 Å². The summed E-state index contributed by atoms with van der Waals surface area (Å²) in [5.74, 6) is 1.02. The minimum absolute atomic E-state index is 0.0379. The van der Waals surface area contributed by atoms with Gasteiger partial charge in [-0.3, -0.25) is 9.56 Å². The molecule has 0 bridgehead atoms. The number of rotatable bonds is 5. The average molecular weight is 698 g/mol. The first kappa shape index (κ1) is 32.1. The van der Waals surface area contributed by atoms with Gasteiger partial charge in [0, 0.05) is 39.8 Å².